The van der Waals surface area contributed by atoms with Crippen LogP contribution in [0.3, 0.4) is 0 Å². The van der Waals surface area contributed by atoms with Gasteiger partial charge in [0.05, 0.1) is 25.0 Å². The fourth-order valence-electron chi connectivity index (χ4n) is 2.53. The van der Waals surface area contributed by atoms with Crippen molar-refractivity contribution < 1.29 is 13.3 Å². The molecule has 0 aliphatic carbocycles. The van der Waals surface area contributed by atoms with Gasteiger partial charge in [-0.05, 0) is 19.1 Å². The van der Waals surface area contributed by atoms with Crippen LogP contribution in [0, 0.1) is 6.92 Å². The van der Waals surface area contributed by atoms with Gasteiger partial charge >= 0.3 is 0 Å². The quantitative estimate of drug-likeness (QED) is 0.866. The standard InChI is InChI=1S/C14H22N2O2S/c1-12-4-6-14(7-5-12)19(17,18)16(3)13-8-10-15(2)11-9-13/h4-7,13H,8-11H2,1-3H3/p+1. The van der Waals surface area contributed by atoms with E-state index in [0.717, 1.165) is 31.5 Å². The van der Waals surface area contributed by atoms with E-state index in [1.54, 1.807) is 23.5 Å². The molecule has 106 valence electrons. The van der Waals surface area contributed by atoms with Gasteiger partial charge in [0.1, 0.15) is 0 Å². The Morgan fingerprint density at radius 2 is 1.68 bits per heavy atom. The molecule has 1 heterocycles. The van der Waals surface area contributed by atoms with Crippen molar-refractivity contribution in [2.75, 3.05) is 27.2 Å². The van der Waals surface area contributed by atoms with E-state index >= 15 is 0 Å². The summed E-state index contributed by atoms with van der Waals surface area (Å²) in [5.41, 5.74) is 1.07. The lowest BCUT2D eigenvalue weighted by atomic mass is 10.1. The molecular formula is C14H23N2O2S+. The van der Waals surface area contributed by atoms with Crippen LogP contribution in [0.1, 0.15) is 18.4 Å². The van der Waals surface area contributed by atoms with E-state index in [2.05, 4.69) is 7.05 Å². The topological polar surface area (TPSA) is 41.8 Å². The second kappa shape index (κ2) is 5.61. The Bertz CT molecular complexity index is 517. The van der Waals surface area contributed by atoms with Crippen LogP contribution in [0.15, 0.2) is 29.2 Å². The van der Waals surface area contributed by atoms with Gasteiger partial charge in [-0.2, -0.15) is 4.31 Å². The number of rotatable bonds is 3. The van der Waals surface area contributed by atoms with Gasteiger partial charge in [-0.1, -0.05) is 17.7 Å². The highest BCUT2D eigenvalue weighted by molar-refractivity contribution is 7.89. The number of nitrogens with one attached hydrogen (secondary N) is 1. The maximum atomic E-state index is 12.5. The van der Waals surface area contributed by atoms with Crippen molar-refractivity contribution in [2.24, 2.45) is 0 Å². The normalized spacial score (nSPS) is 24.6. The Balaban J connectivity index is 2.17. The van der Waals surface area contributed by atoms with Crippen molar-refractivity contribution >= 4 is 10.0 Å². The minimum atomic E-state index is -3.35. The summed E-state index contributed by atoms with van der Waals surface area (Å²) in [5, 5.41) is 0. The molecule has 1 aliphatic rings. The van der Waals surface area contributed by atoms with E-state index < -0.39 is 10.0 Å². The molecule has 1 fully saturated rings. The summed E-state index contributed by atoms with van der Waals surface area (Å²) in [5.74, 6) is 0. The molecule has 0 radical (unpaired) electrons. The number of sulfonamides is 1. The second-order valence-corrected chi connectivity index (χ2v) is 7.52. The fourth-order valence-corrected chi connectivity index (χ4v) is 3.95. The average molecular weight is 283 g/mol. The zero-order valence-corrected chi connectivity index (χ0v) is 12.7. The Hall–Kier alpha value is -0.910. The van der Waals surface area contributed by atoms with Crippen molar-refractivity contribution in [2.45, 2.75) is 30.7 Å². The van der Waals surface area contributed by atoms with Crippen molar-refractivity contribution in [3.63, 3.8) is 0 Å². The molecule has 4 nitrogen and oxygen atoms in total. The highest BCUT2D eigenvalue weighted by Gasteiger charge is 2.31. The zero-order valence-electron chi connectivity index (χ0n) is 11.9. The molecule has 0 spiro atoms. The molecule has 1 aliphatic heterocycles. The molecular weight excluding hydrogens is 260 g/mol. The van der Waals surface area contributed by atoms with Crippen LogP contribution in [-0.4, -0.2) is 45.9 Å². The molecule has 1 aromatic carbocycles. The first-order valence-corrected chi connectivity index (χ1v) is 8.21. The first-order valence-electron chi connectivity index (χ1n) is 6.77. The lowest BCUT2D eigenvalue weighted by Gasteiger charge is -2.32. The van der Waals surface area contributed by atoms with Crippen LogP contribution in [0.2, 0.25) is 0 Å². The van der Waals surface area contributed by atoms with Gasteiger partial charge in [-0.15, -0.1) is 0 Å². The zero-order chi connectivity index (χ0) is 14.0. The van der Waals surface area contributed by atoms with Crippen LogP contribution in [0.25, 0.3) is 0 Å². The van der Waals surface area contributed by atoms with Gasteiger partial charge in [0.25, 0.3) is 0 Å². The number of hydrogen-bond donors (Lipinski definition) is 1. The summed E-state index contributed by atoms with van der Waals surface area (Å²) in [4.78, 5) is 1.88. The molecule has 1 N–H and O–H groups in total. The Labute approximate surface area is 116 Å². The molecule has 1 aromatic rings. The van der Waals surface area contributed by atoms with Gasteiger partial charge in [-0.25, -0.2) is 8.42 Å². The van der Waals surface area contributed by atoms with Crippen LogP contribution in [0.4, 0.5) is 0 Å². The van der Waals surface area contributed by atoms with E-state index in [9.17, 15) is 8.42 Å². The Morgan fingerprint density at radius 3 is 2.21 bits per heavy atom. The van der Waals surface area contributed by atoms with Crippen molar-refractivity contribution in [3.05, 3.63) is 29.8 Å². The van der Waals surface area contributed by atoms with E-state index in [1.807, 2.05) is 19.1 Å². The minimum absolute atomic E-state index is 0.134. The van der Waals surface area contributed by atoms with Gasteiger partial charge in [0, 0.05) is 25.9 Å². The van der Waals surface area contributed by atoms with E-state index in [1.165, 1.54) is 4.90 Å². The number of nitrogens with zero attached hydrogens (tertiary/aromatic N) is 1. The third-order valence-electron chi connectivity index (χ3n) is 4.02. The van der Waals surface area contributed by atoms with Crippen LogP contribution < -0.4 is 4.90 Å². The average Bonchev–Trinajstić information content (AvgIpc) is 2.39. The van der Waals surface area contributed by atoms with Crippen molar-refractivity contribution in [3.8, 4) is 0 Å². The molecule has 0 aromatic heterocycles. The van der Waals surface area contributed by atoms with Crippen molar-refractivity contribution in [1.82, 2.24) is 4.31 Å². The predicted octanol–water partition coefficient (Wildman–Crippen LogP) is 0.293. The third kappa shape index (κ3) is 3.16. The van der Waals surface area contributed by atoms with Crippen molar-refractivity contribution in [1.29, 1.82) is 0 Å². The molecule has 2 rings (SSSR count). The molecule has 19 heavy (non-hydrogen) atoms. The largest absolute Gasteiger partial charge is 0.337 e. The number of hydrogen-bond acceptors (Lipinski definition) is 2. The lowest BCUT2D eigenvalue weighted by molar-refractivity contribution is -0.885. The molecule has 5 heteroatoms. The first kappa shape index (κ1) is 14.5. The Kier molecular flexibility index (Phi) is 4.28. The molecule has 0 unspecified atom stereocenters. The molecule has 0 saturated carbocycles. The Morgan fingerprint density at radius 1 is 1.16 bits per heavy atom. The van der Waals surface area contributed by atoms with E-state index in [-0.39, 0.29) is 6.04 Å². The van der Waals surface area contributed by atoms with Gasteiger partial charge in [-0.3, -0.25) is 0 Å². The summed E-state index contributed by atoms with van der Waals surface area (Å²) in [7, 11) is 0.517. The van der Waals surface area contributed by atoms with Crippen LogP contribution in [-0.2, 0) is 10.0 Å². The molecule has 0 atom stereocenters. The SMILES string of the molecule is Cc1ccc(S(=O)(=O)N(C)C2CC[NH+](C)CC2)cc1. The highest BCUT2D eigenvalue weighted by Crippen LogP contribution is 2.20. The van der Waals surface area contributed by atoms with Gasteiger partial charge in [0.15, 0.2) is 0 Å². The summed E-state index contributed by atoms with van der Waals surface area (Å²) in [6.45, 7) is 4.04. The molecule has 1 saturated heterocycles. The molecule has 0 amide bonds. The summed E-state index contributed by atoms with van der Waals surface area (Å²) < 4.78 is 26.6. The van der Waals surface area contributed by atoms with Crippen LogP contribution >= 0.6 is 0 Å². The minimum Gasteiger partial charge on any atom is -0.337 e. The highest BCUT2D eigenvalue weighted by atomic mass is 32.2. The van der Waals surface area contributed by atoms with E-state index in [0.29, 0.717) is 4.90 Å². The monoisotopic (exact) mass is 283 g/mol. The number of aryl methyl sites for hydroxylation is 1. The lowest BCUT2D eigenvalue weighted by Crippen LogP contribution is -3.10. The maximum absolute atomic E-state index is 12.5. The predicted molar refractivity (Wildman–Crippen MR) is 75.8 cm³/mol. The fraction of sp³-hybridized carbons (Fsp3) is 0.571. The smallest absolute Gasteiger partial charge is 0.243 e. The van der Waals surface area contributed by atoms with Crippen LogP contribution in [0.5, 0.6) is 0 Å². The van der Waals surface area contributed by atoms with Gasteiger partial charge < -0.3 is 4.90 Å². The summed E-state index contributed by atoms with van der Waals surface area (Å²) >= 11 is 0. The number of quaternary nitrogens is 1. The second-order valence-electron chi connectivity index (χ2n) is 5.52. The number of benzene rings is 1. The first-order chi connectivity index (χ1) is 8.91. The maximum Gasteiger partial charge on any atom is 0.243 e. The summed E-state index contributed by atoms with van der Waals surface area (Å²) in [6, 6.07) is 7.22. The van der Waals surface area contributed by atoms with Gasteiger partial charge in [0.2, 0.25) is 10.0 Å². The van der Waals surface area contributed by atoms with E-state index in [4.69, 9.17) is 0 Å². The summed E-state index contributed by atoms with van der Waals surface area (Å²) in [6.07, 6.45) is 1.88. The number of piperidine rings is 1. The molecule has 0 bridgehead atoms. The number of likely N-dealkylation sites (tertiary alicyclic amines) is 1. The third-order valence-corrected chi connectivity index (χ3v) is 5.95.